The molecule has 0 atom stereocenters. The second-order valence-electron chi connectivity index (χ2n) is 5.03. The van der Waals surface area contributed by atoms with Crippen molar-refractivity contribution in [1.82, 2.24) is 0 Å². The fourth-order valence-corrected chi connectivity index (χ4v) is 2.13. The van der Waals surface area contributed by atoms with Crippen LogP contribution in [0, 0.1) is 0 Å². The summed E-state index contributed by atoms with van der Waals surface area (Å²) in [5.74, 6) is 1.42. The molecule has 0 bridgehead atoms. The Morgan fingerprint density at radius 3 is 2.46 bits per heavy atom. The predicted molar refractivity (Wildman–Crippen MR) is 94.8 cm³/mol. The van der Waals surface area contributed by atoms with Gasteiger partial charge in [0, 0.05) is 18.2 Å². The van der Waals surface area contributed by atoms with Gasteiger partial charge in [-0.2, -0.15) is 0 Å². The summed E-state index contributed by atoms with van der Waals surface area (Å²) in [6.07, 6.45) is 3.33. The Bertz CT molecular complexity index is 674. The van der Waals surface area contributed by atoms with Gasteiger partial charge in [-0.1, -0.05) is 18.2 Å². The standard InChI is InChI=1S/C20H22O4/c1-3-23-20-7-5-4-6-17(20)10-13-19(21)16-8-11-18(12-9-16)24-15-14-22-2/h4-13H,3,14-15H2,1-2H3/b13-10+. The van der Waals surface area contributed by atoms with Crippen molar-refractivity contribution in [3.63, 3.8) is 0 Å². The van der Waals surface area contributed by atoms with Gasteiger partial charge in [0.05, 0.1) is 13.2 Å². The highest BCUT2D eigenvalue weighted by atomic mass is 16.5. The summed E-state index contributed by atoms with van der Waals surface area (Å²) in [5, 5.41) is 0. The zero-order valence-corrected chi connectivity index (χ0v) is 14.0. The number of ether oxygens (including phenoxy) is 3. The SMILES string of the molecule is CCOc1ccccc1/C=C/C(=O)c1ccc(OCCOC)cc1. The molecule has 24 heavy (non-hydrogen) atoms. The third-order valence-electron chi connectivity index (χ3n) is 3.33. The van der Waals surface area contributed by atoms with Gasteiger partial charge in [0.15, 0.2) is 5.78 Å². The van der Waals surface area contributed by atoms with Gasteiger partial charge in [-0.05, 0) is 49.4 Å². The predicted octanol–water partition coefficient (Wildman–Crippen LogP) is 4.01. The third kappa shape index (κ3) is 5.25. The number of methoxy groups -OCH3 is 1. The molecule has 4 nitrogen and oxygen atoms in total. The summed E-state index contributed by atoms with van der Waals surface area (Å²) in [4.78, 5) is 12.3. The smallest absolute Gasteiger partial charge is 0.185 e. The van der Waals surface area contributed by atoms with Gasteiger partial charge < -0.3 is 14.2 Å². The van der Waals surface area contributed by atoms with Gasteiger partial charge in [-0.3, -0.25) is 4.79 Å². The monoisotopic (exact) mass is 326 g/mol. The van der Waals surface area contributed by atoms with Crippen molar-refractivity contribution in [2.45, 2.75) is 6.92 Å². The Morgan fingerprint density at radius 2 is 1.75 bits per heavy atom. The van der Waals surface area contributed by atoms with Crippen LogP contribution in [0.5, 0.6) is 11.5 Å². The minimum Gasteiger partial charge on any atom is -0.493 e. The van der Waals surface area contributed by atoms with Crippen LogP contribution in [0.15, 0.2) is 54.6 Å². The fourth-order valence-electron chi connectivity index (χ4n) is 2.13. The highest BCUT2D eigenvalue weighted by Gasteiger charge is 2.04. The molecule has 0 saturated heterocycles. The first kappa shape index (κ1) is 17.8. The number of hydrogen-bond donors (Lipinski definition) is 0. The van der Waals surface area contributed by atoms with E-state index in [-0.39, 0.29) is 5.78 Å². The van der Waals surface area contributed by atoms with E-state index in [9.17, 15) is 4.79 Å². The topological polar surface area (TPSA) is 44.8 Å². The van der Waals surface area contributed by atoms with E-state index in [0.29, 0.717) is 31.1 Å². The molecule has 0 aliphatic heterocycles. The van der Waals surface area contributed by atoms with Crippen molar-refractivity contribution in [3.05, 3.63) is 65.7 Å². The molecule has 126 valence electrons. The Morgan fingerprint density at radius 1 is 1.00 bits per heavy atom. The van der Waals surface area contributed by atoms with E-state index in [4.69, 9.17) is 14.2 Å². The summed E-state index contributed by atoms with van der Waals surface area (Å²) >= 11 is 0. The molecular weight excluding hydrogens is 304 g/mol. The first-order chi connectivity index (χ1) is 11.7. The minimum absolute atomic E-state index is 0.0651. The highest BCUT2D eigenvalue weighted by Crippen LogP contribution is 2.20. The Labute approximate surface area is 142 Å². The Balaban J connectivity index is 2.01. The van der Waals surface area contributed by atoms with Gasteiger partial charge in [0.1, 0.15) is 18.1 Å². The number of benzene rings is 2. The molecule has 4 heteroatoms. The zero-order valence-electron chi connectivity index (χ0n) is 14.0. The van der Waals surface area contributed by atoms with Gasteiger partial charge in [0.25, 0.3) is 0 Å². The number of para-hydroxylation sites is 1. The number of hydrogen-bond acceptors (Lipinski definition) is 4. The molecule has 0 spiro atoms. The second-order valence-corrected chi connectivity index (χ2v) is 5.03. The van der Waals surface area contributed by atoms with E-state index >= 15 is 0 Å². The van der Waals surface area contributed by atoms with Crippen LogP contribution in [0.2, 0.25) is 0 Å². The number of rotatable bonds is 9. The van der Waals surface area contributed by atoms with E-state index in [1.54, 1.807) is 43.5 Å². The molecule has 2 rings (SSSR count). The summed E-state index contributed by atoms with van der Waals surface area (Å²) in [6, 6.07) is 14.7. The van der Waals surface area contributed by atoms with Crippen LogP contribution in [-0.4, -0.2) is 32.7 Å². The van der Waals surface area contributed by atoms with Crippen LogP contribution in [-0.2, 0) is 4.74 Å². The van der Waals surface area contributed by atoms with Crippen molar-refractivity contribution in [1.29, 1.82) is 0 Å². The number of carbonyl (C=O) groups is 1. The second kappa shape index (κ2) is 9.53. The van der Waals surface area contributed by atoms with Crippen molar-refractivity contribution in [2.24, 2.45) is 0 Å². The van der Waals surface area contributed by atoms with E-state index in [1.807, 2.05) is 31.2 Å². The maximum absolute atomic E-state index is 12.3. The lowest BCUT2D eigenvalue weighted by Crippen LogP contribution is -2.04. The third-order valence-corrected chi connectivity index (χ3v) is 3.33. The number of carbonyl (C=O) groups excluding carboxylic acids is 1. The van der Waals surface area contributed by atoms with Crippen LogP contribution in [0.4, 0.5) is 0 Å². The Hall–Kier alpha value is -2.59. The molecule has 0 radical (unpaired) electrons. The van der Waals surface area contributed by atoms with Gasteiger partial charge in [-0.15, -0.1) is 0 Å². The molecule has 0 N–H and O–H groups in total. The lowest BCUT2D eigenvalue weighted by molar-refractivity contribution is 0.104. The average molecular weight is 326 g/mol. The lowest BCUT2D eigenvalue weighted by atomic mass is 10.1. The van der Waals surface area contributed by atoms with E-state index in [1.165, 1.54) is 0 Å². The molecule has 0 heterocycles. The molecule has 2 aromatic rings. The summed E-state index contributed by atoms with van der Waals surface area (Å²) in [7, 11) is 1.63. The first-order valence-corrected chi connectivity index (χ1v) is 7.90. The molecular formula is C20H22O4. The van der Waals surface area contributed by atoms with Crippen LogP contribution in [0.25, 0.3) is 6.08 Å². The molecule has 0 saturated carbocycles. The normalized spacial score (nSPS) is 10.8. The molecule has 0 aliphatic carbocycles. The molecule has 0 aliphatic rings. The van der Waals surface area contributed by atoms with E-state index < -0.39 is 0 Å². The van der Waals surface area contributed by atoms with Crippen molar-refractivity contribution < 1.29 is 19.0 Å². The van der Waals surface area contributed by atoms with Crippen molar-refractivity contribution in [3.8, 4) is 11.5 Å². The summed E-state index contributed by atoms with van der Waals surface area (Å²) in [5.41, 5.74) is 1.49. The van der Waals surface area contributed by atoms with Crippen molar-refractivity contribution >= 4 is 11.9 Å². The van der Waals surface area contributed by atoms with Crippen LogP contribution < -0.4 is 9.47 Å². The number of allylic oxidation sites excluding steroid dienone is 1. The maximum atomic E-state index is 12.3. The van der Waals surface area contributed by atoms with Crippen LogP contribution >= 0.6 is 0 Å². The van der Waals surface area contributed by atoms with Gasteiger partial charge in [-0.25, -0.2) is 0 Å². The molecule has 0 unspecified atom stereocenters. The minimum atomic E-state index is -0.0651. The first-order valence-electron chi connectivity index (χ1n) is 7.90. The molecule has 0 amide bonds. The summed E-state index contributed by atoms with van der Waals surface area (Å²) < 4.78 is 16.0. The maximum Gasteiger partial charge on any atom is 0.185 e. The molecule has 0 fully saturated rings. The van der Waals surface area contributed by atoms with Gasteiger partial charge in [0.2, 0.25) is 0 Å². The molecule has 2 aromatic carbocycles. The lowest BCUT2D eigenvalue weighted by Gasteiger charge is -2.06. The average Bonchev–Trinajstić information content (AvgIpc) is 2.62. The Kier molecular flexibility index (Phi) is 7.05. The van der Waals surface area contributed by atoms with E-state index in [0.717, 1.165) is 11.3 Å². The van der Waals surface area contributed by atoms with E-state index in [2.05, 4.69) is 0 Å². The quantitative estimate of drug-likeness (QED) is 0.397. The zero-order chi connectivity index (χ0) is 17.2. The highest BCUT2D eigenvalue weighted by molar-refractivity contribution is 6.07. The van der Waals surface area contributed by atoms with Crippen LogP contribution in [0.3, 0.4) is 0 Å². The van der Waals surface area contributed by atoms with Crippen LogP contribution in [0.1, 0.15) is 22.8 Å². The summed E-state index contributed by atoms with van der Waals surface area (Å²) in [6.45, 7) is 3.53. The van der Waals surface area contributed by atoms with Gasteiger partial charge >= 0.3 is 0 Å². The number of ketones is 1. The molecule has 0 aromatic heterocycles. The largest absolute Gasteiger partial charge is 0.493 e. The van der Waals surface area contributed by atoms with Crippen molar-refractivity contribution in [2.75, 3.05) is 26.9 Å². The fraction of sp³-hybridized carbons (Fsp3) is 0.250.